The van der Waals surface area contributed by atoms with Gasteiger partial charge in [0.25, 0.3) is 0 Å². The highest BCUT2D eigenvalue weighted by molar-refractivity contribution is 5.85. The molecule has 0 aliphatic carbocycles. The number of hydrogen-bond acceptors (Lipinski definition) is 3. The highest BCUT2D eigenvalue weighted by Gasteiger charge is 2.21. The van der Waals surface area contributed by atoms with E-state index in [0.29, 0.717) is 13.2 Å². The lowest BCUT2D eigenvalue weighted by molar-refractivity contribution is -0.125. The third-order valence-electron chi connectivity index (χ3n) is 3.81. The van der Waals surface area contributed by atoms with E-state index in [2.05, 4.69) is 5.32 Å². The Morgan fingerprint density at radius 3 is 2.54 bits per heavy atom. The van der Waals surface area contributed by atoms with Crippen LogP contribution in [0, 0.1) is 5.92 Å². The molecule has 0 radical (unpaired) electrons. The summed E-state index contributed by atoms with van der Waals surface area (Å²) >= 11 is 0. The Balaban J connectivity index is 0.00000288. The van der Waals surface area contributed by atoms with Crippen molar-refractivity contribution in [3.63, 3.8) is 0 Å². The standard InChI is InChI=1S/C19H24N2O2.ClH/c1-3-23-17-11-7-8-15(12-17)13-21-19(22)14(2)18(20)16-9-5-4-6-10-16;/h4-12,14,18H,3,13,20H2,1-2H3,(H,21,22);1H. The molecule has 2 rings (SSSR count). The van der Waals surface area contributed by atoms with Gasteiger partial charge < -0.3 is 15.8 Å². The van der Waals surface area contributed by atoms with Gasteiger partial charge in [-0.25, -0.2) is 0 Å². The maximum atomic E-state index is 12.3. The molecule has 130 valence electrons. The smallest absolute Gasteiger partial charge is 0.225 e. The molecule has 0 saturated carbocycles. The largest absolute Gasteiger partial charge is 0.494 e. The van der Waals surface area contributed by atoms with E-state index < -0.39 is 0 Å². The van der Waals surface area contributed by atoms with Crippen LogP contribution in [0.25, 0.3) is 0 Å². The lowest BCUT2D eigenvalue weighted by atomic mass is 9.94. The molecule has 1 amide bonds. The zero-order valence-corrected chi connectivity index (χ0v) is 14.9. The molecule has 2 aromatic rings. The number of benzene rings is 2. The predicted octanol–water partition coefficient (Wildman–Crippen LogP) is 3.46. The van der Waals surface area contributed by atoms with E-state index in [1.807, 2.05) is 68.4 Å². The number of nitrogens with one attached hydrogen (secondary N) is 1. The Morgan fingerprint density at radius 2 is 1.88 bits per heavy atom. The summed E-state index contributed by atoms with van der Waals surface area (Å²) in [6, 6.07) is 17.1. The summed E-state index contributed by atoms with van der Waals surface area (Å²) in [5, 5.41) is 2.94. The molecule has 0 heterocycles. The Kier molecular flexibility index (Phi) is 8.30. The van der Waals surface area contributed by atoms with Gasteiger partial charge in [-0.3, -0.25) is 4.79 Å². The minimum Gasteiger partial charge on any atom is -0.494 e. The lowest BCUT2D eigenvalue weighted by Gasteiger charge is -2.20. The van der Waals surface area contributed by atoms with Gasteiger partial charge in [-0.05, 0) is 30.2 Å². The van der Waals surface area contributed by atoms with Gasteiger partial charge in [-0.1, -0.05) is 49.4 Å². The van der Waals surface area contributed by atoms with Crippen molar-refractivity contribution in [3.8, 4) is 5.75 Å². The Bertz CT molecular complexity index is 634. The fraction of sp³-hybridized carbons (Fsp3) is 0.316. The van der Waals surface area contributed by atoms with Crippen LogP contribution in [0.4, 0.5) is 0 Å². The van der Waals surface area contributed by atoms with E-state index in [1.54, 1.807) is 0 Å². The molecule has 2 unspecified atom stereocenters. The fourth-order valence-corrected chi connectivity index (χ4v) is 2.39. The summed E-state index contributed by atoms with van der Waals surface area (Å²) in [5.41, 5.74) is 8.16. The molecule has 0 spiro atoms. The molecule has 0 fully saturated rings. The summed E-state index contributed by atoms with van der Waals surface area (Å²) < 4.78 is 5.46. The molecule has 4 nitrogen and oxygen atoms in total. The zero-order chi connectivity index (χ0) is 16.7. The molecule has 2 aromatic carbocycles. The molecule has 0 bridgehead atoms. The zero-order valence-electron chi connectivity index (χ0n) is 14.1. The Labute approximate surface area is 149 Å². The molecule has 2 atom stereocenters. The summed E-state index contributed by atoms with van der Waals surface area (Å²) in [4.78, 5) is 12.3. The summed E-state index contributed by atoms with van der Waals surface area (Å²) in [7, 11) is 0. The fourth-order valence-electron chi connectivity index (χ4n) is 2.39. The van der Waals surface area contributed by atoms with E-state index in [-0.39, 0.29) is 30.3 Å². The second-order valence-corrected chi connectivity index (χ2v) is 5.52. The monoisotopic (exact) mass is 348 g/mol. The van der Waals surface area contributed by atoms with Crippen LogP contribution in [0.5, 0.6) is 5.75 Å². The van der Waals surface area contributed by atoms with Crippen LogP contribution in [0.1, 0.15) is 31.0 Å². The normalized spacial score (nSPS) is 12.6. The third-order valence-corrected chi connectivity index (χ3v) is 3.81. The molecule has 0 aliphatic rings. The van der Waals surface area contributed by atoms with Gasteiger partial charge in [0.1, 0.15) is 5.75 Å². The average molecular weight is 349 g/mol. The van der Waals surface area contributed by atoms with Crippen molar-refractivity contribution in [1.82, 2.24) is 5.32 Å². The van der Waals surface area contributed by atoms with Crippen LogP contribution in [0.2, 0.25) is 0 Å². The highest BCUT2D eigenvalue weighted by Crippen LogP contribution is 2.19. The average Bonchev–Trinajstić information content (AvgIpc) is 2.60. The quantitative estimate of drug-likeness (QED) is 0.805. The molecule has 5 heteroatoms. The predicted molar refractivity (Wildman–Crippen MR) is 99.2 cm³/mol. The minimum absolute atomic E-state index is 0. The second-order valence-electron chi connectivity index (χ2n) is 5.52. The molecule has 0 saturated heterocycles. The van der Waals surface area contributed by atoms with Crippen molar-refractivity contribution in [2.45, 2.75) is 26.4 Å². The van der Waals surface area contributed by atoms with Crippen LogP contribution < -0.4 is 15.8 Å². The van der Waals surface area contributed by atoms with E-state index in [0.717, 1.165) is 16.9 Å². The van der Waals surface area contributed by atoms with Gasteiger partial charge in [-0.15, -0.1) is 12.4 Å². The summed E-state index contributed by atoms with van der Waals surface area (Å²) in [6.07, 6.45) is 0. The van der Waals surface area contributed by atoms with Crippen LogP contribution in [-0.4, -0.2) is 12.5 Å². The van der Waals surface area contributed by atoms with Crippen LogP contribution in [-0.2, 0) is 11.3 Å². The van der Waals surface area contributed by atoms with Crippen molar-refractivity contribution >= 4 is 18.3 Å². The van der Waals surface area contributed by atoms with Gasteiger partial charge in [0.05, 0.1) is 12.5 Å². The van der Waals surface area contributed by atoms with Gasteiger partial charge in [0.2, 0.25) is 5.91 Å². The number of hydrogen-bond donors (Lipinski definition) is 2. The van der Waals surface area contributed by atoms with Crippen molar-refractivity contribution in [2.24, 2.45) is 11.7 Å². The Morgan fingerprint density at radius 1 is 1.17 bits per heavy atom. The van der Waals surface area contributed by atoms with E-state index in [1.165, 1.54) is 0 Å². The van der Waals surface area contributed by atoms with E-state index in [4.69, 9.17) is 10.5 Å². The van der Waals surface area contributed by atoms with Gasteiger partial charge in [-0.2, -0.15) is 0 Å². The molecular formula is C19H25ClN2O2. The van der Waals surface area contributed by atoms with Crippen molar-refractivity contribution in [2.75, 3.05) is 6.61 Å². The van der Waals surface area contributed by atoms with Crippen LogP contribution in [0.15, 0.2) is 54.6 Å². The van der Waals surface area contributed by atoms with Gasteiger partial charge >= 0.3 is 0 Å². The topological polar surface area (TPSA) is 64.3 Å². The first-order chi connectivity index (χ1) is 11.1. The lowest BCUT2D eigenvalue weighted by Crippen LogP contribution is -2.35. The number of nitrogens with two attached hydrogens (primary N) is 1. The molecule has 0 aromatic heterocycles. The number of carbonyl (C=O) groups excluding carboxylic acids is 1. The van der Waals surface area contributed by atoms with Crippen LogP contribution >= 0.6 is 12.4 Å². The summed E-state index contributed by atoms with van der Waals surface area (Å²) in [5.74, 6) is 0.462. The van der Waals surface area contributed by atoms with Crippen molar-refractivity contribution in [1.29, 1.82) is 0 Å². The SMILES string of the molecule is CCOc1cccc(CNC(=O)C(C)C(N)c2ccccc2)c1.Cl. The first-order valence-electron chi connectivity index (χ1n) is 7.91. The maximum Gasteiger partial charge on any atom is 0.225 e. The van der Waals surface area contributed by atoms with Crippen molar-refractivity contribution in [3.05, 3.63) is 65.7 Å². The Hall–Kier alpha value is -2.04. The number of carbonyl (C=O) groups is 1. The third kappa shape index (κ3) is 5.55. The number of amides is 1. The van der Waals surface area contributed by atoms with E-state index >= 15 is 0 Å². The van der Waals surface area contributed by atoms with Gasteiger partial charge in [0, 0.05) is 12.6 Å². The highest BCUT2D eigenvalue weighted by atomic mass is 35.5. The molecular weight excluding hydrogens is 324 g/mol. The first kappa shape index (κ1) is 20.0. The first-order valence-corrected chi connectivity index (χ1v) is 7.91. The molecule has 24 heavy (non-hydrogen) atoms. The summed E-state index contributed by atoms with van der Waals surface area (Å²) in [6.45, 7) is 4.88. The number of rotatable bonds is 7. The molecule has 3 N–H and O–H groups in total. The number of ether oxygens (including phenoxy) is 1. The van der Waals surface area contributed by atoms with Crippen molar-refractivity contribution < 1.29 is 9.53 Å². The van der Waals surface area contributed by atoms with Crippen LogP contribution in [0.3, 0.4) is 0 Å². The molecule has 0 aliphatic heterocycles. The van der Waals surface area contributed by atoms with Gasteiger partial charge in [0.15, 0.2) is 0 Å². The minimum atomic E-state index is -0.314. The number of halogens is 1. The second kappa shape index (κ2) is 9.96. The van der Waals surface area contributed by atoms with E-state index in [9.17, 15) is 4.79 Å². The maximum absolute atomic E-state index is 12.3.